The zero-order valence-electron chi connectivity index (χ0n) is 21.2. The summed E-state index contributed by atoms with van der Waals surface area (Å²) in [5.41, 5.74) is 0.609. The van der Waals surface area contributed by atoms with Gasteiger partial charge in [0, 0.05) is 21.7 Å². The van der Waals surface area contributed by atoms with Crippen LogP contribution < -0.4 is 15.5 Å². The Hall–Kier alpha value is -4.56. The van der Waals surface area contributed by atoms with E-state index < -0.39 is 29.9 Å². The fourth-order valence-corrected chi connectivity index (χ4v) is 4.24. The number of nitrogens with zero attached hydrogens (tertiary/aromatic N) is 3. The maximum absolute atomic E-state index is 14.1. The third-order valence-corrected chi connectivity index (χ3v) is 6.30. The summed E-state index contributed by atoms with van der Waals surface area (Å²) in [6, 6.07) is 15.7. The Labute approximate surface area is 238 Å². The minimum Gasteiger partial charge on any atom is -0.406 e. The van der Waals surface area contributed by atoms with E-state index in [1.54, 1.807) is 19.1 Å². The molecule has 2 heterocycles. The van der Waals surface area contributed by atoms with Crippen molar-refractivity contribution in [3.05, 3.63) is 106 Å². The molecule has 5 rings (SSSR count). The predicted octanol–water partition coefficient (Wildman–Crippen LogP) is 6.68. The van der Waals surface area contributed by atoms with E-state index in [1.807, 2.05) is 0 Å². The number of alkyl halides is 6. The van der Waals surface area contributed by atoms with Crippen LogP contribution in [-0.4, -0.2) is 34.1 Å². The number of amidine groups is 1. The second-order valence-corrected chi connectivity index (χ2v) is 9.40. The van der Waals surface area contributed by atoms with Crippen molar-refractivity contribution in [1.82, 2.24) is 15.3 Å². The molecule has 42 heavy (non-hydrogen) atoms. The van der Waals surface area contributed by atoms with Crippen LogP contribution in [0.4, 0.5) is 32.0 Å². The number of aliphatic imine (C=N–C) groups is 1. The Morgan fingerprint density at radius 3 is 2.33 bits per heavy atom. The third-order valence-electron chi connectivity index (χ3n) is 6.07. The molecule has 1 aromatic heterocycles. The van der Waals surface area contributed by atoms with Gasteiger partial charge in [-0.15, -0.1) is 13.2 Å². The molecule has 1 amide bonds. The summed E-state index contributed by atoms with van der Waals surface area (Å²) in [5, 5.41) is 7.06. The van der Waals surface area contributed by atoms with Crippen LogP contribution in [0.15, 0.2) is 84.0 Å². The maximum atomic E-state index is 14.1. The highest BCUT2D eigenvalue weighted by atomic mass is 35.5. The van der Waals surface area contributed by atoms with Crippen LogP contribution in [0.3, 0.4) is 0 Å². The van der Waals surface area contributed by atoms with Gasteiger partial charge in [0.15, 0.2) is 5.84 Å². The van der Waals surface area contributed by atoms with Crippen molar-refractivity contribution < 1.29 is 40.7 Å². The Morgan fingerprint density at radius 1 is 1.02 bits per heavy atom. The van der Waals surface area contributed by atoms with Gasteiger partial charge < -0.3 is 10.1 Å². The summed E-state index contributed by atoms with van der Waals surface area (Å²) in [4.78, 5) is 21.5. The molecule has 1 atom stereocenters. The summed E-state index contributed by atoms with van der Waals surface area (Å²) >= 11 is 5.90. The quantitative estimate of drug-likeness (QED) is 0.238. The van der Waals surface area contributed by atoms with Gasteiger partial charge in [0.05, 0.1) is 23.3 Å². The molecule has 1 aliphatic rings. The molecule has 0 saturated carbocycles. The lowest BCUT2D eigenvalue weighted by Crippen LogP contribution is -2.42. The van der Waals surface area contributed by atoms with Crippen molar-refractivity contribution in [3.8, 4) is 11.4 Å². The lowest BCUT2D eigenvalue weighted by Gasteiger charge is -2.26. The van der Waals surface area contributed by atoms with Gasteiger partial charge in [0.2, 0.25) is 0 Å². The summed E-state index contributed by atoms with van der Waals surface area (Å²) in [6.45, 7) is 1.63. The number of hydrogen-bond acceptors (Lipinski definition) is 6. The normalized spacial score (nSPS) is 17.0. The van der Waals surface area contributed by atoms with Gasteiger partial charge in [-0.2, -0.15) is 18.3 Å². The van der Waals surface area contributed by atoms with Crippen LogP contribution in [0.5, 0.6) is 5.75 Å². The van der Waals surface area contributed by atoms with Gasteiger partial charge in [-0.1, -0.05) is 23.7 Å². The fraction of sp³-hybridized carbons (Fsp3) is 0.148. The van der Waals surface area contributed by atoms with Crippen LogP contribution in [0.1, 0.15) is 27.2 Å². The Bertz CT molecular complexity index is 1650. The third kappa shape index (κ3) is 5.90. The zero-order valence-corrected chi connectivity index (χ0v) is 22.0. The van der Waals surface area contributed by atoms with E-state index in [0.29, 0.717) is 22.6 Å². The van der Waals surface area contributed by atoms with Crippen molar-refractivity contribution in [2.75, 3.05) is 5.32 Å². The van der Waals surface area contributed by atoms with E-state index in [4.69, 9.17) is 16.4 Å². The first-order chi connectivity index (χ1) is 19.7. The molecule has 1 unspecified atom stereocenters. The van der Waals surface area contributed by atoms with Gasteiger partial charge >= 0.3 is 18.3 Å². The number of aromatic nitrogens is 2. The second kappa shape index (κ2) is 10.7. The Balaban J connectivity index is 1.33. The van der Waals surface area contributed by atoms with E-state index in [-0.39, 0.29) is 22.0 Å². The standard InChI is InChI=1S/C27H18ClF6N5O3/c1-15-22(35-24(40)17-7-11-21(12-8-17)41-27(32,33)34)14-39(37-15)20-9-5-16(6-10-20)23-36-25(42-38-23,26(29,30)31)18-3-2-4-19(28)13-18/h2-14H,1H3,(H,35,40)(H,36,38). The lowest BCUT2D eigenvalue weighted by atomic mass is 10.0. The number of aryl methyl sites for hydroxylation is 1. The molecule has 8 nitrogen and oxygen atoms in total. The number of anilines is 1. The van der Waals surface area contributed by atoms with E-state index in [2.05, 4.69) is 25.6 Å². The summed E-state index contributed by atoms with van der Waals surface area (Å²) in [5.74, 6) is -1.22. The number of carbonyl (C=O) groups excluding carboxylic acids is 1. The van der Waals surface area contributed by atoms with Gasteiger partial charge in [-0.3, -0.25) is 4.79 Å². The first kappa shape index (κ1) is 29.0. The van der Waals surface area contributed by atoms with Crippen molar-refractivity contribution in [1.29, 1.82) is 0 Å². The number of nitrogens with one attached hydrogen (secondary N) is 2. The van der Waals surface area contributed by atoms with Crippen LogP contribution in [0.25, 0.3) is 5.69 Å². The highest BCUT2D eigenvalue weighted by Gasteiger charge is 2.61. The highest BCUT2D eigenvalue weighted by molar-refractivity contribution is 6.30. The smallest absolute Gasteiger partial charge is 0.406 e. The molecule has 4 aromatic rings. The molecule has 0 saturated heterocycles. The molecule has 0 radical (unpaired) electrons. The van der Waals surface area contributed by atoms with Crippen LogP contribution in [-0.2, 0) is 10.6 Å². The number of ether oxygens (including phenoxy) is 1. The topological polar surface area (TPSA) is 89.8 Å². The lowest BCUT2D eigenvalue weighted by molar-refractivity contribution is -0.285. The average molecular weight is 610 g/mol. The zero-order chi connectivity index (χ0) is 30.3. The minimum atomic E-state index is -4.90. The number of halogens is 7. The Kier molecular flexibility index (Phi) is 7.37. The van der Waals surface area contributed by atoms with Crippen molar-refractivity contribution in [2.45, 2.75) is 25.2 Å². The molecular weight excluding hydrogens is 592 g/mol. The number of hydrogen-bond donors (Lipinski definition) is 2. The van der Waals surface area contributed by atoms with E-state index >= 15 is 0 Å². The number of amides is 1. The largest absolute Gasteiger partial charge is 0.573 e. The number of hydroxylamine groups is 1. The molecule has 0 spiro atoms. The number of carbonyl (C=O) groups is 1. The first-order valence-corrected chi connectivity index (χ1v) is 12.3. The monoisotopic (exact) mass is 609 g/mol. The highest BCUT2D eigenvalue weighted by Crippen LogP contribution is 2.45. The molecular formula is C27H18ClF6N5O3. The molecule has 0 aliphatic carbocycles. The van der Waals surface area contributed by atoms with Crippen molar-refractivity contribution in [2.24, 2.45) is 4.99 Å². The predicted molar refractivity (Wildman–Crippen MR) is 139 cm³/mol. The molecule has 0 fully saturated rings. The van der Waals surface area contributed by atoms with Crippen molar-refractivity contribution in [3.63, 3.8) is 0 Å². The minimum absolute atomic E-state index is 0.0841. The molecule has 218 valence electrons. The van der Waals surface area contributed by atoms with Gasteiger partial charge in [0.1, 0.15) is 5.75 Å². The van der Waals surface area contributed by atoms with Crippen molar-refractivity contribution >= 4 is 29.0 Å². The van der Waals surface area contributed by atoms with Crippen LogP contribution in [0.2, 0.25) is 5.02 Å². The van der Waals surface area contributed by atoms with Gasteiger partial charge in [0.25, 0.3) is 5.91 Å². The van der Waals surface area contributed by atoms with Gasteiger partial charge in [-0.05, 0) is 67.6 Å². The number of rotatable bonds is 6. The van der Waals surface area contributed by atoms with E-state index in [1.165, 1.54) is 53.3 Å². The number of benzene rings is 3. The van der Waals surface area contributed by atoms with Crippen LogP contribution >= 0.6 is 11.6 Å². The summed E-state index contributed by atoms with van der Waals surface area (Å²) in [7, 11) is 0. The molecule has 3 aromatic carbocycles. The van der Waals surface area contributed by atoms with E-state index in [9.17, 15) is 31.1 Å². The molecule has 0 bridgehead atoms. The summed E-state index contributed by atoms with van der Waals surface area (Å²) in [6.07, 6.45) is -8.25. The Morgan fingerprint density at radius 2 is 1.71 bits per heavy atom. The second-order valence-electron chi connectivity index (χ2n) is 8.96. The average Bonchev–Trinajstić information content (AvgIpc) is 3.53. The van der Waals surface area contributed by atoms with E-state index in [0.717, 1.165) is 18.2 Å². The fourth-order valence-electron chi connectivity index (χ4n) is 4.05. The SMILES string of the molecule is Cc1nn(-c2ccc(C3=NC(c4cccc(Cl)c4)(C(F)(F)F)ON3)cc2)cc1NC(=O)c1ccc(OC(F)(F)F)cc1. The summed E-state index contributed by atoms with van der Waals surface area (Å²) < 4.78 is 84.7. The molecule has 1 aliphatic heterocycles. The first-order valence-electron chi connectivity index (χ1n) is 11.9. The van der Waals surface area contributed by atoms with Crippen LogP contribution in [0, 0.1) is 6.92 Å². The van der Waals surface area contributed by atoms with Gasteiger partial charge in [-0.25, -0.2) is 20.0 Å². The maximum Gasteiger partial charge on any atom is 0.573 e. The molecule has 2 N–H and O–H groups in total. The molecule has 15 heteroatoms.